The average molecular weight is 838 g/mol. The number of aromatic nitrogens is 4. The molecule has 0 radical (unpaired) electrons. The van der Waals surface area contributed by atoms with Gasteiger partial charge in [-0.3, -0.25) is 32.5 Å². The van der Waals surface area contributed by atoms with Gasteiger partial charge in [0.25, 0.3) is 0 Å². The van der Waals surface area contributed by atoms with E-state index in [4.69, 9.17) is 19.5 Å². The molecule has 2 aromatic heterocycles. The molecule has 1 aliphatic heterocycles. The molecule has 3 rings (SSSR count). The molecular weight excluding hydrogens is 795 g/mol. The number of nitrogen functional groups attached to an aromatic ring is 1. The molecule has 2 aromatic rings. The fraction of sp³-hybridized carbons (Fsp3) is 0.600. The highest BCUT2D eigenvalue weighted by atomic mass is 32.2. The third-order valence-electron chi connectivity index (χ3n) is 6.81. The van der Waals surface area contributed by atoms with Gasteiger partial charge in [-0.2, -0.15) is 4.31 Å². The third kappa shape index (κ3) is 14.5. The minimum absolute atomic E-state index is 0.0310. The van der Waals surface area contributed by atoms with Crippen LogP contribution in [0.2, 0.25) is 0 Å². The second-order valence-corrected chi connectivity index (χ2v) is 16.9. The van der Waals surface area contributed by atoms with E-state index in [1.807, 2.05) is 0 Å². The number of phosphoric ester groups is 3. The topological polar surface area (TPSA) is 364 Å². The van der Waals surface area contributed by atoms with Crippen molar-refractivity contribution in [2.24, 2.45) is 5.41 Å². The second kappa shape index (κ2) is 19.8. The monoisotopic (exact) mass is 837 g/mol. The number of hydrogen-bond acceptors (Lipinski definition) is 18. The lowest BCUT2D eigenvalue weighted by Gasteiger charge is -2.30. The summed E-state index contributed by atoms with van der Waals surface area (Å²) in [5, 5.41) is 26.1. The third-order valence-corrected chi connectivity index (χ3v) is 10.7. The number of aliphatic hydroxyl groups is 2. The van der Waals surface area contributed by atoms with Gasteiger partial charge in [0.2, 0.25) is 11.8 Å². The van der Waals surface area contributed by atoms with E-state index in [9.17, 15) is 57.9 Å². The summed E-state index contributed by atoms with van der Waals surface area (Å²) in [6.45, 7) is 7.90. The maximum absolute atomic E-state index is 12.6. The Bertz CT molecular complexity index is 1730. The van der Waals surface area contributed by atoms with E-state index >= 15 is 0 Å². The van der Waals surface area contributed by atoms with Crippen LogP contribution in [-0.2, 0) is 50.7 Å². The number of carbonyl (C=O) groups is 3. The van der Waals surface area contributed by atoms with Crippen LogP contribution in [-0.4, -0.2) is 123 Å². The molecule has 28 heteroatoms. The molecule has 2 unspecified atom stereocenters. The Morgan fingerprint density at radius 2 is 1.72 bits per heavy atom. The minimum atomic E-state index is -5.56. The molecule has 3 heterocycles. The first-order valence-electron chi connectivity index (χ1n) is 15.0. The Morgan fingerprint density at radius 1 is 1.08 bits per heavy atom. The van der Waals surface area contributed by atoms with E-state index < -0.39 is 84.6 Å². The molecule has 0 aromatic carbocycles. The summed E-state index contributed by atoms with van der Waals surface area (Å²) in [4.78, 5) is 85.9. The zero-order valence-electron chi connectivity index (χ0n) is 28.5. The van der Waals surface area contributed by atoms with Gasteiger partial charge < -0.3 is 50.9 Å². The SMILES string of the molecule is C=C.CC(=O)SCCNC(=O)CCNC(=O)[C@H](O)C(C)(C)COP(=O)(O)OP(=O)(O)OC[C@H]1O[C@@H](n2cnc3c(N)ncnc32)[C@H](O)[C@@H]1OP(=O)(O)O. The number of hydrogen-bond donors (Lipinski definition) is 9. The van der Waals surface area contributed by atoms with Crippen LogP contribution < -0.4 is 16.4 Å². The van der Waals surface area contributed by atoms with Crippen molar-refractivity contribution in [3.63, 3.8) is 0 Å². The summed E-state index contributed by atoms with van der Waals surface area (Å²) in [5.41, 5.74) is 4.26. The highest BCUT2D eigenvalue weighted by Crippen LogP contribution is 2.61. The van der Waals surface area contributed by atoms with E-state index in [1.165, 1.54) is 20.8 Å². The number of rotatable bonds is 19. The number of carbonyl (C=O) groups excluding carboxylic acids is 3. The molecule has 53 heavy (non-hydrogen) atoms. The molecule has 2 amide bonds. The maximum atomic E-state index is 12.6. The Morgan fingerprint density at radius 3 is 2.34 bits per heavy atom. The Balaban J connectivity index is 0.00000477. The number of aliphatic hydroxyl groups excluding tert-OH is 2. The molecule has 0 bridgehead atoms. The van der Waals surface area contributed by atoms with Gasteiger partial charge in [-0.15, -0.1) is 13.2 Å². The standard InChI is InChI=1S/C23H38N7O17P3S.C2H4/c1-12(31)51-7-6-25-14(32)4-5-26-21(35)18(34)23(2,3)9-44-50(41,42)47-49(39,40)43-8-13-17(46-48(36,37)38)16(33)22(45-13)30-11-29-15-19(24)27-10-28-20(15)30;1-2/h10-11,13,16-18,22,33-34H,4-9H2,1-3H3,(H,25,32)(H,26,35)(H,39,40)(H,41,42)(H2,24,27,28)(H2,36,37,38);1-2H2/t13-,16-,17-,18+,22-;/m1./s1. The fourth-order valence-electron chi connectivity index (χ4n) is 4.32. The van der Waals surface area contributed by atoms with Crippen molar-refractivity contribution in [2.45, 2.75) is 57.8 Å². The van der Waals surface area contributed by atoms with Crippen LogP contribution in [0.1, 0.15) is 33.4 Å². The molecule has 1 aliphatic rings. The predicted octanol–water partition coefficient (Wildman–Crippen LogP) is -0.513. The van der Waals surface area contributed by atoms with Crippen LogP contribution in [0.25, 0.3) is 11.2 Å². The number of fused-ring (bicyclic) bond motifs is 1. The first-order chi connectivity index (χ1) is 24.5. The zero-order valence-corrected chi connectivity index (χ0v) is 32.0. The lowest BCUT2D eigenvalue weighted by molar-refractivity contribution is -0.137. The number of nitrogens with one attached hydrogen (secondary N) is 2. The van der Waals surface area contributed by atoms with Crippen LogP contribution in [0.5, 0.6) is 0 Å². The van der Waals surface area contributed by atoms with Crippen LogP contribution >= 0.6 is 35.2 Å². The normalized spacial score (nSPS) is 21.8. The number of phosphoric acid groups is 3. The van der Waals surface area contributed by atoms with E-state index in [0.717, 1.165) is 29.0 Å². The molecular formula is C25H42N7O17P3S. The van der Waals surface area contributed by atoms with Crippen molar-refractivity contribution in [3.8, 4) is 0 Å². The quantitative estimate of drug-likeness (QED) is 0.0488. The van der Waals surface area contributed by atoms with Crippen molar-refractivity contribution in [2.75, 3.05) is 37.8 Å². The predicted molar refractivity (Wildman–Crippen MR) is 184 cm³/mol. The van der Waals surface area contributed by atoms with Gasteiger partial charge in [-0.1, -0.05) is 25.6 Å². The van der Waals surface area contributed by atoms with E-state index in [1.54, 1.807) is 0 Å². The number of imidazole rings is 1. The number of thioether (sulfide) groups is 1. The zero-order chi connectivity index (χ0) is 40.4. The number of anilines is 1. The molecule has 0 spiro atoms. The first kappa shape index (κ1) is 46.5. The van der Waals surface area contributed by atoms with Gasteiger partial charge in [0.1, 0.15) is 36.3 Å². The van der Waals surface area contributed by atoms with Crippen molar-refractivity contribution in [1.29, 1.82) is 0 Å². The summed E-state index contributed by atoms with van der Waals surface area (Å²) in [7, 11) is -16.4. The molecule has 0 aliphatic carbocycles. The largest absolute Gasteiger partial charge is 0.481 e. The average Bonchev–Trinajstić information content (AvgIpc) is 3.62. The Labute approximate surface area is 306 Å². The van der Waals surface area contributed by atoms with Gasteiger partial charge in [0.05, 0.1) is 19.5 Å². The van der Waals surface area contributed by atoms with Gasteiger partial charge in [-0.25, -0.2) is 28.6 Å². The summed E-state index contributed by atoms with van der Waals surface area (Å²) in [6, 6.07) is 0. The summed E-state index contributed by atoms with van der Waals surface area (Å²) in [6.07, 6.45) is -6.88. The summed E-state index contributed by atoms with van der Waals surface area (Å²) in [5.74, 6) is -1.08. The van der Waals surface area contributed by atoms with Crippen molar-refractivity contribution in [1.82, 2.24) is 30.2 Å². The smallest absolute Gasteiger partial charge is 0.386 e. The van der Waals surface area contributed by atoms with Crippen LogP contribution in [0.3, 0.4) is 0 Å². The van der Waals surface area contributed by atoms with Crippen LogP contribution in [0, 0.1) is 5.41 Å². The van der Waals surface area contributed by atoms with E-state index in [2.05, 4.69) is 47.6 Å². The summed E-state index contributed by atoms with van der Waals surface area (Å²) >= 11 is 1.03. The summed E-state index contributed by atoms with van der Waals surface area (Å²) < 4.78 is 61.8. The lowest BCUT2D eigenvalue weighted by atomic mass is 9.87. The van der Waals surface area contributed by atoms with Gasteiger partial charge in [0, 0.05) is 37.6 Å². The van der Waals surface area contributed by atoms with Crippen molar-refractivity contribution in [3.05, 3.63) is 25.8 Å². The molecule has 7 atom stereocenters. The van der Waals surface area contributed by atoms with Crippen LogP contribution in [0.4, 0.5) is 5.82 Å². The van der Waals surface area contributed by atoms with E-state index in [-0.39, 0.29) is 41.6 Å². The maximum Gasteiger partial charge on any atom is 0.481 e. The first-order valence-corrected chi connectivity index (χ1v) is 20.5. The molecule has 1 saturated heterocycles. The number of nitrogens with two attached hydrogens (primary N) is 1. The molecule has 10 N–H and O–H groups in total. The van der Waals surface area contributed by atoms with Crippen LogP contribution in [0.15, 0.2) is 25.8 Å². The molecule has 300 valence electrons. The lowest BCUT2D eigenvalue weighted by Crippen LogP contribution is -2.46. The van der Waals surface area contributed by atoms with Gasteiger partial charge in [-0.05, 0) is 0 Å². The molecule has 24 nitrogen and oxygen atoms in total. The van der Waals surface area contributed by atoms with Gasteiger partial charge >= 0.3 is 23.5 Å². The highest BCUT2D eigenvalue weighted by Gasteiger charge is 2.50. The molecule has 1 fully saturated rings. The van der Waals surface area contributed by atoms with E-state index in [0.29, 0.717) is 5.75 Å². The Hall–Kier alpha value is -2.70. The Kier molecular flexibility index (Phi) is 17.3. The number of amides is 2. The fourth-order valence-corrected chi connectivity index (χ4v) is 7.65. The minimum Gasteiger partial charge on any atom is -0.386 e. The van der Waals surface area contributed by atoms with Crippen molar-refractivity contribution < 1.29 is 80.5 Å². The number of ether oxygens (including phenoxy) is 1. The second-order valence-electron chi connectivity index (χ2n) is 11.4. The van der Waals surface area contributed by atoms with Gasteiger partial charge in [0.15, 0.2) is 22.8 Å². The number of nitrogens with zero attached hydrogens (tertiary/aromatic N) is 4. The van der Waals surface area contributed by atoms with Crippen molar-refractivity contribution >= 4 is 69.1 Å². The highest BCUT2D eigenvalue weighted by molar-refractivity contribution is 8.13. The molecule has 0 saturated carbocycles.